The number of rotatable bonds is 4. The van der Waals surface area contributed by atoms with Gasteiger partial charge in [0.1, 0.15) is 5.82 Å². The molecule has 0 heterocycles. The van der Waals surface area contributed by atoms with E-state index < -0.39 is 24.6 Å². The van der Waals surface area contributed by atoms with Crippen LogP contribution in [0.1, 0.15) is 29.8 Å². The Morgan fingerprint density at radius 1 is 1.35 bits per heavy atom. The van der Waals surface area contributed by atoms with Crippen molar-refractivity contribution in [3.8, 4) is 0 Å². The molecule has 1 aromatic rings. The average Bonchev–Trinajstić information content (AvgIpc) is 2.19. The highest BCUT2D eigenvalue weighted by atomic mass is 19.3. The minimum absolute atomic E-state index is 0.0287. The Morgan fingerprint density at radius 3 is 2.53 bits per heavy atom. The van der Waals surface area contributed by atoms with Gasteiger partial charge in [0.15, 0.2) is 0 Å². The number of hydrogen-bond acceptors (Lipinski definition) is 1. The third-order valence-corrected chi connectivity index (χ3v) is 2.11. The smallest absolute Gasteiger partial charge is 0.251 e. The largest absolute Gasteiger partial charge is 0.350 e. The van der Waals surface area contributed by atoms with Gasteiger partial charge in [-0.3, -0.25) is 4.79 Å². The highest BCUT2D eigenvalue weighted by molar-refractivity contribution is 5.95. The fraction of sp³-hybridized carbons (Fsp3) is 0.417. The van der Waals surface area contributed by atoms with E-state index in [2.05, 4.69) is 5.32 Å². The maximum atomic E-state index is 13.0. The van der Waals surface area contributed by atoms with Gasteiger partial charge in [-0.15, -0.1) is 0 Å². The van der Waals surface area contributed by atoms with E-state index >= 15 is 0 Å². The van der Waals surface area contributed by atoms with Crippen LogP contribution in [0.2, 0.25) is 0 Å². The summed E-state index contributed by atoms with van der Waals surface area (Å²) >= 11 is 0. The number of carbonyl (C=O) groups is 1. The van der Waals surface area contributed by atoms with Crippen molar-refractivity contribution in [3.63, 3.8) is 0 Å². The van der Waals surface area contributed by atoms with Gasteiger partial charge in [-0.1, -0.05) is 6.07 Å². The summed E-state index contributed by atoms with van der Waals surface area (Å²) in [5.74, 6) is -1.15. The molecule has 1 amide bonds. The number of benzene rings is 1. The summed E-state index contributed by atoms with van der Waals surface area (Å²) in [6, 6.07) is 3.14. The minimum Gasteiger partial charge on any atom is -0.350 e. The van der Waals surface area contributed by atoms with Crippen LogP contribution in [0.5, 0.6) is 0 Å². The van der Waals surface area contributed by atoms with Gasteiger partial charge in [-0.2, -0.15) is 0 Å². The molecule has 5 heteroatoms. The molecule has 1 aromatic carbocycles. The van der Waals surface area contributed by atoms with Crippen LogP contribution in [0.25, 0.3) is 0 Å². The molecule has 0 aromatic heterocycles. The number of carbonyl (C=O) groups excluding carboxylic acids is 1. The van der Waals surface area contributed by atoms with E-state index in [1.807, 2.05) is 0 Å². The van der Waals surface area contributed by atoms with Crippen molar-refractivity contribution in [1.29, 1.82) is 0 Å². The molecule has 0 bridgehead atoms. The first-order valence-corrected chi connectivity index (χ1v) is 5.27. The quantitative estimate of drug-likeness (QED) is 0.868. The lowest BCUT2D eigenvalue weighted by atomic mass is 10.0. The third kappa shape index (κ3) is 4.09. The van der Waals surface area contributed by atoms with Gasteiger partial charge in [0.2, 0.25) is 6.43 Å². The second-order valence-corrected chi connectivity index (χ2v) is 4.02. The van der Waals surface area contributed by atoms with Crippen LogP contribution < -0.4 is 5.32 Å². The Hall–Kier alpha value is -1.52. The molecule has 0 saturated heterocycles. The summed E-state index contributed by atoms with van der Waals surface area (Å²) in [5.41, 5.74) is 0.124. The second kappa shape index (κ2) is 5.70. The van der Waals surface area contributed by atoms with Gasteiger partial charge in [-0.05, 0) is 31.5 Å². The topological polar surface area (TPSA) is 29.1 Å². The van der Waals surface area contributed by atoms with E-state index in [1.54, 1.807) is 13.8 Å². The Labute approximate surface area is 97.8 Å². The number of halogens is 3. The average molecular weight is 245 g/mol. The van der Waals surface area contributed by atoms with Crippen LogP contribution in [-0.2, 0) is 6.42 Å². The number of nitrogens with one attached hydrogen (secondary N) is 1. The molecule has 0 aliphatic carbocycles. The molecule has 94 valence electrons. The normalized spacial score (nSPS) is 11.0. The molecule has 17 heavy (non-hydrogen) atoms. The van der Waals surface area contributed by atoms with Gasteiger partial charge < -0.3 is 5.32 Å². The predicted octanol–water partition coefficient (Wildman–Crippen LogP) is 2.77. The number of alkyl halides is 2. The molecular formula is C12H14F3NO. The fourth-order valence-corrected chi connectivity index (χ4v) is 1.44. The Bertz CT molecular complexity index is 405. The zero-order valence-corrected chi connectivity index (χ0v) is 9.64. The molecule has 2 nitrogen and oxygen atoms in total. The van der Waals surface area contributed by atoms with E-state index in [0.717, 1.165) is 12.1 Å². The Kier molecular flexibility index (Phi) is 4.54. The molecule has 0 radical (unpaired) electrons. The van der Waals surface area contributed by atoms with Crippen molar-refractivity contribution in [2.45, 2.75) is 32.7 Å². The molecule has 0 fully saturated rings. The molecule has 0 atom stereocenters. The van der Waals surface area contributed by atoms with E-state index in [1.165, 1.54) is 6.07 Å². The lowest BCUT2D eigenvalue weighted by molar-refractivity contribution is 0.0940. The minimum atomic E-state index is -2.56. The zero-order valence-electron chi connectivity index (χ0n) is 9.64. The van der Waals surface area contributed by atoms with E-state index in [-0.39, 0.29) is 17.2 Å². The van der Waals surface area contributed by atoms with Crippen LogP contribution in [-0.4, -0.2) is 18.4 Å². The van der Waals surface area contributed by atoms with E-state index in [4.69, 9.17) is 0 Å². The van der Waals surface area contributed by atoms with Gasteiger partial charge in [-0.25, -0.2) is 13.2 Å². The van der Waals surface area contributed by atoms with Gasteiger partial charge in [0.25, 0.3) is 5.91 Å². The molecule has 0 aliphatic heterocycles. The van der Waals surface area contributed by atoms with Crippen LogP contribution >= 0.6 is 0 Å². The Morgan fingerprint density at radius 2 is 2.00 bits per heavy atom. The van der Waals surface area contributed by atoms with Crippen molar-refractivity contribution in [2.75, 3.05) is 0 Å². The summed E-state index contributed by atoms with van der Waals surface area (Å²) < 4.78 is 37.6. The maximum absolute atomic E-state index is 13.0. The van der Waals surface area contributed by atoms with Crippen molar-refractivity contribution < 1.29 is 18.0 Å². The summed E-state index contributed by atoms with van der Waals surface area (Å²) in [7, 11) is 0. The highest BCUT2D eigenvalue weighted by Crippen LogP contribution is 2.15. The summed E-state index contributed by atoms with van der Waals surface area (Å²) in [6.07, 6.45) is -3.12. The van der Waals surface area contributed by atoms with E-state index in [9.17, 15) is 18.0 Å². The molecular weight excluding hydrogens is 231 g/mol. The first kappa shape index (κ1) is 13.5. The summed E-state index contributed by atoms with van der Waals surface area (Å²) in [6.45, 7) is 3.48. The van der Waals surface area contributed by atoms with Crippen molar-refractivity contribution in [2.24, 2.45) is 0 Å². The molecule has 0 saturated carbocycles. The van der Waals surface area contributed by atoms with Crippen molar-refractivity contribution in [1.82, 2.24) is 5.32 Å². The molecule has 1 N–H and O–H groups in total. The molecule has 0 aliphatic rings. The van der Waals surface area contributed by atoms with Gasteiger partial charge in [0.05, 0.1) is 0 Å². The van der Waals surface area contributed by atoms with Gasteiger partial charge >= 0.3 is 0 Å². The van der Waals surface area contributed by atoms with Crippen molar-refractivity contribution >= 4 is 5.91 Å². The standard InChI is InChI=1S/C12H14F3NO/c1-7(2)16-12(17)10-6-9(13)4-3-8(10)5-11(14)15/h3-4,6-7,11H,5H2,1-2H3,(H,16,17). The monoisotopic (exact) mass is 245 g/mol. The highest BCUT2D eigenvalue weighted by Gasteiger charge is 2.16. The van der Waals surface area contributed by atoms with E-state index in [0.29, 0.717) is 0 Å². The maximum Gasteiger partial charge on any atom is 0.251 e. The summed E-state index contributed by atoms with van der Waals surface area (Å²) in [5, 5.41) is 2.55. The van der Waals surface area contributed by atoms with Gasteiger partial charge in [0, 0.05) is 18.0 Å². The van der Waals surface area contributed by atoms with Crippen LogP contribution in [0.4, 0.5) is 13.2 Å². The molecule has 1 rings (SSSR count). The van der Waals surface area contributed by atoms with Crippen LogP contribution in [0.3, 0.4) is 0 Å². The first-order chi connectivity index (χ1) is 7.90. The molecule has 0 unspecified atom stereocenters. The number of amides is 1. The van der Waals surface area contributed by atoms with Crippen LogP contribution in [0, 0.1) is 5.82 Å². The fourth-order valence-electron chi connectivity index (χ4n) is 1.44. The van der Waals surface area contributed by atoms with Crippen molar-refractivity contribution in [3.05, 3.63) is 35.1 Å². The first-order valence-electron chi connectivity index (χ1n) is 5.27. The summed E-state index contributed by atoms with van der Waals surface area (Å²) in [4.78, 5) is 11.7. The molecule has 0 spiro atoms. The lowest BCUT2D eigenvalue weighted by Gasteiger charge is -2.12. The van der Waals surface area contributed by atoms with Crippen LogP contribution in [0.15, 0.2) is 18.2 Å². The lowest BCUT2D eigenvalue weighted by Crippen LogP contribution is -2.31. The number of hydrogen-bond donors (Lipinski definition) is 1. The zero-order chi connectivity index (χ0) is 13.0. The third-order valence-electron chi connectivity index (χ3n) is 2.11. The predicted molar refractivity (Wildman–Crippen MR) is 58.7 cm³/mol. The Balaban J connectivity index is 3.02. The second-order valence-electron chi connectivity index (χ2n) is 4.02. The SMILES string of the molecule is CC(C)NC(=O)c1cc(F)ccc1CC(F)F.